The van der Waals surface area contributed by atoms with Crippen LogP contribution in [0.4, 0.5) is 0 Å². The Hall–Kier alpha value is -1.39. The Labute approximate surface area is 133 Å². The number of carbonyl (C=O) groups excluding carboxylic acids is 1. The lowest BCUT2D eigenvalue weighted by atomic mass is 9.79. The van der Waals surface area contributed by atoms with Crippen molar-refractivity contribution in [2.45, 2.75) is 32.6 Å². The third kappa shape index (κ3) is 4.55. The zero-order valence-corrected chi connectivity index (χ0v) is 13.8. The zero-order chi connectivity index (χ0) is 15.8. The number of benzene rings is 1. The van der Waals surface area contributed by atoms with Crippen LogP contribution in [-0.4, -0.2) is 39.3 Å². The monoisotopic (exact) mass is 304 g/mol. The van der Waals surface area contributed by atoms with Gasteiger partial charge in [-0.1, -0.05) is 25.5 Å². The van der Waals surface area contributed by atoms with Gasteiger partial charge in [0, 0.05) is 24.6 Å². The highest BCUT2D eigenvalue weighted by Crippen LogP contribution is 2.28. The molecular weight excluding hydrogens is 276 g/mol. The Balaban J connectivity index is 1.92. The van der Waals surface area contributed by atoms with Crippen molar-refractivity contribution in [2.75, 3.05) is 33.4 Å². The van der Waals surface area contributed by atoms with Crippen LogP contribution in [0.15, 0.2) is 24.3 Å². The largest absolute Gasteiger partial charge is 0.384 e. The number of rotatable bonds is 7. The van der Waals surface area contributed by atoms with Gasteiger partial charge in [-0.2, -0.15) is 0 Å². The number of nitrogens with one attached hydrogen (secondary N) is 2. The summed E-state index contributed by atoms with van der Waals surface area (Å²) in [5.41, 5.74) is 2.09. The van der Waals surface area contributed by atoms with Crippen molar-refractivity contribution in [3.8, 4) is 0 Å². The quantitative estimate of drug-likeness (QED) is 0.813. The molecular formula is C18H28N2O2. The zero-order valence-electron chi connectivity index (χ0n) is 13.8. The minimum atomic E-state index is 0.0112. The topological polar surface area (TPSA) is 50.4 Å². The van der Waals surface area contributed by atoms with Gasteiger partial charge in [0.1, 0.15) is 0 Å². The van der Waals surface area contributed by atoms with Gasteiger partial charge in [-0.05, 0) is 50.0 Å². The fraction of sp³-hybridized carbons (Fsp3) is 0.611. The predicted molar refractivity (Wildman–Crippen MR) is 89.2 cm³/mol. The first-order valence-electron chi connectivity index (χ1n) is 8.26. The van der Waals surface area contributed by atoms with Gasteiger partial charge in [-0.25, -0.2) is 0 Å². The average Bonchev–Trinajstić information content (AvgIpc) is 2.55. The Bertz CT molecular complexity index is 459. The van der Waals surface area contributed by atoms with Gasteiger partial charge >= 0.3 is 0 Å². The van der Waals surface area contributed by atoms with E-state index in [1.807, 2.05) is 24.3 Å². The Morgan fingerprint density at radius 1 is 1.27 bits per heavy atom. The lowest BCUT2D eigenvalue weighted by Gasteiger charge is -2.37. The number of hydrogen-bond acceptors (Lipinski definition) is 3. The molecule has 0 radical (unpaired) electrons. The van der Waals surface area contributed by atoms with Gasteiger partial charge in [0.25, 0.3) is 5.91 Å². The summed E-state index contributed by atoms with van der Waals surface area (Å²) in [6.45, 7) is 5.52. The molecule has 0 spiro atoms. The fourth-order valence-corrected chi connectivity index (χ4v) is 3.12. The fourth-order valence-electron chi connectivity index (χ4n) is 3.12. The van der Waals surface area contributed by atoms with E-state index in [4.69, 9.17) is 4.74 Å². The summed E-state index contributed by atoms with van der Waals surface area (Å²) in [7, 11) is 1.73. The van der Waals surface area contributed by atoms with Gasteiger partial charge in [0.15, 0.2) is 0 Å². The number of amides is 1. The van der Waals surface area contributed by atoms with Crippen molar-refractivity contribution in [1.29, 1.82) is 0 Å². The summed E-state index contributed by atoms with van der Waals surface area (Å²) < 4.78 is 5.39. The van der Waals surface area contributed by atoms with Crippen molar-refractivity contribution >= 4 is 5.91 Å². The number of piperidine rings is 1. The molecule has 0 atom stereocenters. The maximum Gasteiger partial charge on any atom is 0.251 e. The van der Waals surface area contributed by atoms with Crippen LogP contribution in [0.3, 0.4) is 0 Å². The summed E-state index contributed by atoms with van der Waals surface area (Å²) in [5, 5.41) is 6.47. The van der Waals surface area contributed by atoms with E-state index in [1.165, 1.54) is 5.56 Å². The van der Waals surface area contributed by atoms with Crippen LogP contribution in [-0.2, 0) is 11.2 Å². The second-order valence-corrected chi connectivity index (χ2v) is 6.31. The number of methoxy groups -OCH3 is 1. The summed E-state index contributed by atoms with van der Waals surface area (Å²) in [6.07, 6.45) is 4.26. The molecule has 122 valence electrons. The van der Waals surface area contributed by atoms with Crippen LogP contribution in [0.5, 0.6) is 0 Å². The molecule has 1 aromatic carbocycles. The third-order valence-corrected chi connectivity index (χ3v) is 4.49. The van der Waals surface area contributed by atoms with Gasteiger partial charge in [-0.15, -0.1) is 0 Å². The standard InChI is InChI=1S/C18H28N2O2/c1-3-4-15-5-7-16(8-6-15)17(21)20-13-18(14-22-2)9-11-19-12-10-18/h5-8,19H,3-4,9-14H2,1-2H3,(H,20,21). The smallest absolute Gasteiger partial charge is 0.251 e. The highest BCUT2D eigenvalue weighted by Gasteiger charge is 2.32. The molecule has 0 aliphatic carbocycles. The summed E-state index contributed by atoms with van der Waals surface area (Å²) >= 11 is 0. The molecule has 2 N–H and O–H groups in total. The van der Waals surface area contributed by atoms with Gasteiger partial charge in [0.05, 0.1) is 6.61 Å². The third-order valence-electron chi connectivity index (χ3n) is 4.49. The first kappa shape index (κ1) is 17.0. The molecule has 1 heterocycles. The van der Waals surface area contributed by atoms with Crippen LogP contribution in [0.1, 0.15) is 42.1 Å². The van der Waals surface area contributed by atoms with E-state index in [0.29, 0.717) is 13.2 Å². The molecule has 22 heavy (non-hydrogen) atoms. The predicted octanol–water partition coefficient (Wildman–Crippen LogP) is 2.39. The molecule has 1 amide bonds. The molecule has 1 fully saturated rings. The Kier molecular flexibility index (Phi) is 6.40. The number of hydrogen-bond donors (Lipinski definition) is 2. The van der Waals surface area contributed by atoms with Crippen LogP contribution in [0.25, 0.3) is 0 Å². The molecule has 0 saturated carbocycles. The first-order valence-corrected chi connectivity index (χ1v) is 8.26. The first-order chi connectivity index (χ1) is 10.7. The van der Waals surface area contributed by atoms with E-state index >= 15 is 0 Å². The number of ether oxygens (including phenoxy) is 1. The van der Waals surface area contributed by atoms with Crippen LogP contribution < -0.4 is 10.6 Å². The van der Waals surface area contributed by atoms with E-state index in [0.717, 1.165) is 44.3 Å². The second kappa shape index (κ2) is 8.30. The Morgan fingerprint density at radius 3 is 2.55 bits per heavy atom. The van der Waals surface area contributed by atoms with Crippen molar-refractivity contribution < 1.29 is 9.53 Å². The lowest BCUT2D eigenvalue weighted by molar-refractivity contribution is 0.0512. The van der Waals surface area contributed by atoms with Crippen LogP contribution in [0.2, 0.25) is 0 Å². The molecule has 0 aromatic heterocycles. The normalized spacial score (nSPS) is 17.2. The summed E-state index contributed by atoms with van der Waals surface area (Å²) in [6, 6.07) is 7.94. The Morgan fingerprint density at radius 2 is 1.95 bits per heavy atom. The molecule has 1 aliphatic heterocycles. The maximum absolute atomic E-state index is 12.3. The van der Waals surface area contributed by atoms with Gasteiger partial charge in [-0.3, -0.25) is 4.79 Å². The van der Waals surface area contributed by atoms with E-state index in [1.54, 1.807) is 7.11 Å². The molecule has 2 rings (SSSR count). The van der Waals surface area contributed by atoms with E-state index in [2.05, 4.69) is 17.6 Å². The van der Waals surface area contributed by atoms with Crippen molar-refractivity contribution in [3.63, 3.8) is 0 Å². The SMILES string of the molecule is CCCc1ccc(C(=O)NCC2(COC)CCNCC2)cc1. The van der Waals surface area contributed by atoms with E-state index < -0.39 is 0 Å². The molecule has 4 heteroatoms. The van der Waals surface area contributed by atoms with Crippen LogP contribution >= 0.6 is 0 Å². The maximum atomic E-state index is 12.3. The highest BCUT2D eigenvalue weighted by atomic mass is 16.5. The molecule has 4 nitrogen and oxygen atoms in total. The van der Waals surface area contributed by atoms with Crippen molar-refractivity contribution in [3.05, 3.63) is 35.4 Å². The minimum Gasteiger partial charge on any atom is -0.384 e. The van der Waals surface area contributed by atoms with Gasteiger partial charge < -0.3 is 15.4 Å². The molecule has 1 aliphatic rings. The average molecular weight is 304 g/mol. The minimum absolute atomic E-state index is 0.0112. The molecule has 0 bridgehead atoms. The second-order valence-electron chi connectivity index (χ2n) is 6.31. The molecule has 1 aromatic rings. The van der Waals surface area contributed by atoms with Gasteiger partial charge in [0.2, 0.25) is 0 Å². The molecule has 0 unspecified atom stereocenters. The highest BCUT2D eigenvalue weighted by molar-refractivity contribution is 5.94. The lowest BCUT2D eigenvalue weighted by Crippen LogP contribution is -2.47. The summed E-state index contributed by atoms with van der Waals surface area (Å²) in [4.78, 5) is 12.3. The van der Waals surface area contributed by atoms with Crippen LogP contribution in [0, 0.1) is 5.41 Å². The molecule has 1 saturated heterocycles. The summed E-state index contributed by atoms with van der Waals surface area (Å²) in [5.74, 6) is 0.0112. The number of carbonyl (C=O) groups is 1. The van der Waals surface area contributed by atoms with E-state index in [9.17, 15) is 4.79 Å². The van der Waals surface area contributed by atoms with Crippen molar-refractivity contribution in [1.82, 2.24) is 10.6 Å². The van der Waals surface area contributed by atoms with Crippen molar-refractivity contribution in [2.24, 2.45) is 5.41 Å². The van der Waals surface area contributed by atoms with E-state index in [-0.39, 0.29) is 11.3 Å². The number of aryl methyl sites for hydroxylation is 1.